The van der Waals surface area contributed by atoms with E-state index in [0.29, 0.717) is 5.13 Å². The Hall–Kier alpha value is -3.51. The third-order valence-corrected chi connectivity index (χ3v) is 4.75. The average molecular weight is 373 g/mol. The van der Waals surface area contributed by atoms with Gasteiger partial charge in [0.1, 0.15) is 5.75 Å². The van der Waals surface area contributed by atoms with Crippen LogP contribution in [0.1, 0.15) is 5.56 Å². The summed E-state index contributed by atoms with van der Waals surface area (Å²) in [6.45, 7) is 0. The summed E-state index contributed by atoms with van der Waals surface area (Å²) < 4.78 is 0. The van der Waals surface area contributed by atoms with Crippen LogP contribution in [-0.4, -0.2) is 21.0 Å². The number of amides is 1. The second-order valence-electron chi connectivity index (χ2n) is 5.82. The van der Waals surface area contributed by atoms with Crippen LogP contribution < -0.4 is 5.32 Å². The average Bonchev–Trinajstić information content (AvgIpc) is 3.15. The van der Waals surface area contributed by atoms with Crippen molar-refractivity contribution in [1.29, 1.82) is 0 Å². The summed E-state index contributed by atoms with van der Waals surface area (Å²) in [4.78, 5) is 21.0. The monoisotopic (exact) mass is 373 g/mol. The van der Waals surface area contributed by atoms with Gasteiger partial charge in [-0.2, -0.15) is 0 Å². The van der Waals surface area contributed by atoms with Gasteiger partial charge >= 0.3 is 0 Å². The first-order valence-electron chi connectivity index (χ1n) is 8.27. The molecule has 0 unspecified atom stereocenters. The highest BCUT2D eigenvalue weighted by Gasteiger charge is 2.07. The molecule has 2 N–H and O–H groups in total. The summed E-state index contributed by atoms with van der Waals surface area (Å²) >= 11 is 1.35. The number of phenolic OH excluding ortho intramolecular Hbond substituents is 1. The maximum absolute atomic E-state index is 12.2. The van der Waals surface area contributed by atoms with Crippen LogP contribution >= 0.6 is 11.3 Å². The number of aromatic nitrogens is 2. The first kappa shape index (κ1) is 16.9. The number of anilines is 1. The first-order chi connectivity index (χ1) is 13.2. The summed E-state index contributed by atoms with van der Waals surface area (Å²) in [6, 6.07) is 16.4. The molecule has 2 heterocycles. The second kappa shape index (κ2) is 7.39. The molecule has 5 nitrogen and oxygen atoms in total. The van der Waals surface area contributed by atoms with E-state index >= 15 is 0 Å². The van der Waals surface area contributed by atoms with Crippen molar-refractivity contribution in [3.05, 3.63) is 77.8 Å². The van der Waals surface area contributed by atoms with E-state index in [9.17, 15) is 9.90 Å². The summed E-state index contributed by atoms with van der Waals surface area (Å²) in [6.07, 6.45) is 4.99. The second-order valence-corrected chi connectivity index (χ2v) is 6.68. The van der Waals surface area contributed by atoms with Gasteiger partial charge in [0.2, 0.25) is 5.91 Å². The Morgan fingerprint density at radius 2 is 1.89 bits per heavy atom. The van der Waals surface area contributed by atoms with Crippen LogP contribution in [0, 0.1) is 0 Å². The number of pyridine rings is 1. The zero-order valence-electron chi connectivity index (χ0n) is 14.2. The van der Waals surface area contributed by atoms with Crippen molar-refractivity contribution in [2.75, 3.05) is 5.32 Å². The van der Waals surface area contributed by atoms with E-state index in [4.69, 9.17) is 0 Å². The van der Waals surface area contributed by atoms with Crippen LogP contribution in [0.2, 0.25) is 0 Å². The number of hydrogen-bond acceptors (Lipinski definition) is 5. The summed E-state index contributed by atoms with van der Waals surface area (Å²) in [5.41, 5.74) is 3.45. The van der Waals surface area contributed by atoms with Crippen LogP contribution in [0.4, 0.5) is 5.13 Å². The molecule has 0 aliphatic rings. The molecule has 0 fully saturated rings. The van der Waals surface area contributed by atoms with Crippen LogP contribution in [0.15, 0.2) is 72.3 Å². The zero-order valence-corrected chi connectivity index (χ0v) is 15.0. The number of thiazole rings is 1. The quantitative estimate of drug-likeness (QED) is 0.508. The van der Waals surface area contributed by atoms with Gasteiger partial charge in [-0.25, -0.2) is 4.98 Å². The number of rotatable bonds is 4. The molecule has 0 spiro atoms. The van der Waals surface area contributed by atoms with Gasteiger partial charge < -0.3 is 5.11 Å². The van der Waals surface area contributed by atoms with Crippen molar-refractivity contribution in [3.63, 3.8) is 0 Å². The van der Waals surface area contributed by atoms with Gasteiger partial charge in [-0.3, -0.25) is 15.1 Å². The standard InChI is InChI=1S/C21H15N3O2S/c25-16-8-5-15(6-9-16)19-13-27-21(23-19)24-20(26)10-7-14-11-12-22-18-4-2-1-3-17(14)18/h1-13,25H,(H,23,24,26). The van der Waals surface area contributed by atoms with Gasteiger partial charge in [-0.15, -0.1) is 11.3 Å². The molecule has 6 heteroatoms. The SMILES string of the molecule is O=C(C=Cc1ccnc2ccccc12)Nc1nc(-c2ccc(O)cc2)cs1. The van der Waals surface area contributed by atoms with Gasteiger partial charge in [0.05, 0.1) is 11.2 Å². The Balaban J connectivity index is 1.48. The predicted octanol–water partition coefficient (Wildman–Crippen LogP) is 4.72. The third-order valence-electron chi connectivity index (χ3n) is 3.99. The van der Waals surface area contributed by atoms with E-state index in [2.05, 4.69) is 15.3 Å². The largest absolute Gasteiger partial charge is 0.508 e. The highest BCUT2D eigenvalue weighted by molar-refractivity contribution is 7.14. The van der Waals surface area contributed by atoms with E-state index in [1.54, 1.807) is 36.5 Å². The van der Waals surface area contributed by atoms with Crippen LogP contribution in [0.3, 0.4) is 0 Å². The normalized spacial score (nSPS) is 11.1. The molecule has 0 atom stereocenters. The molecule has 0 saturated carbocycles. The number of nitrogens with one attached hydrogen (secondary N) is 1. The Morgan fingerprint density at radius 3 is 2.74 bits per heavy atom. The fourth-order valence-electron chi connectivity index (χ4n) is 2.67. The molecular formula is C21H15N3O2S. The molecule has 0 aliphatic heterocycles. The van der Waals surface area contributed by atoms with Gasteiger partial charge in [-0.1, -0.05) is 18.2 Å². The lowest BCUT2D eigenvalue weighted by Gasteiger charge is -2.01. The zero-order chi connectivity index (χ0) is 18.6. The Bertz CT molecular complexity index is 1130. The summed E-state index contributed by atoms with van der Waals surface area (Å²) in [5, 5.41) is 15.5. The van der Waals surface area contributed by atoms with E-state index in [-0.39, 0.29) is 11.7 Å². The van der Waals surface area contributed by atoms with Crippen LogP contribution in [0.5, 0.6) is 5.75 Å². The lowest BCUT2D eigenvalue weighted by atomic mass is 10.1. The molecule has 4 rings (SSSR count). The molecule has 0 aliphatic carbocycles. The summed E-state index contributed by atoms with van der Waals surface area (Å²) in [7, 11) is 0. The van der Waals surface area contributed by atoms with Crippen molar-refractivity contribution >= 4 is 39.4 Å². The molecule has 2 aromatic heterocycles. The first-order valence-corrected chi connectivity index (χ1v) is 9.15. The third kappa shape index (κ3) is 3.86. The Kier molecular flexibility index (Phi) is 4.63. The van der Waals surface area contributed by atoms with Crippen molar-refractivity contribution in [2.24, 2.45) is 0 Å². The predicted molar refractivity (Wildman–Crippen MR) is 109 cm³/mol. The minimum absolute atomic E-state index is 0.205. The molecule has 2 aromatic carbocycles. The lowest BCUT2D eigenvalue weighted by molar-refractivity contribution is -0.111. The molecule has 0 saturated heterocycles. The number of fused-ring (bicyclic) bond motifs is 1. The fraction of sp³-hybridized carbons (Fsp3) is 0. The number of carbonyl (C=O) groups is 1. The molecular weight excluding hydrogens is 358 g/mol. The van der Waals surface area contributed by atoms with Crippen molar-refractivity contribution in [2.45, 2.75) is 0 Å². The molecule has 132 valence electrons. The molecule has 1 amide bonds. The number of aromatic hydroxyl groups is 1. The van der Waals surface area contributed by atoms with E-state index in [0.717, 1.165) is 27.7 Å². The van der Waals surface area contributed by atoms with E-state index < -0.39 is 0 Å². The minimum Gasteiger partial charge on any atom is -0.508 e. The van der Waals surface area contributed by atoms with Crippen LogP contribution in [-0.2, 0) is 4.79 Å². The molecule has 0 bridgehead atoms. The Morgan fingerprint density at radius 1 is 1.07 bits per heavy atom. The van der Waals surface area contributed by atoms with Gasteiger partial charge in [-0.05, 0) is 48.0 Å². The van der Waals surface area contributed by atoms with Crippen molar-refractivity contribution in [3.8, 4) is 17.0 Å². The number of hydrogen-bond donors (Lipinski definition) is 2. The lowest BCUT2D eigenvalue weighted by Crippen LogP contribution is -2.07. The number of phenols is 1. The number of para-hydroxylation sites is 1. The maximum Gasteiger partial charge on any atom is 0.250 e. The van der Waals surface area contributed by atoms with Crippen LogP contribution in [0.25, 0.3) is 28.2 Å². The smallest absolute Gasteiger partial charge is 0.250 e. The van der Waals surface area contributed by atoms with E-state index in [1.807, 2.05) is 35.7 Å². The Labute approximate surface area is 159 Å². The highest BCUT2D eigenvalue weighted by Crippen LogP contribution is 2.26. The maximum atomic E-state index is 12.2. The number of nitrogens with zero attached hydrogens (tertiary/aromatic N) is 2. The number of benzene rings is 2. The number of carbonyl (C=O) groups excluding carboxylic acids is 1. The van der Waals surface area contributed by atoms with Gasteiger partial charge in [0.25, 0.3) is 0 Å². The molecule has 27 heavy (non-hydrogen) atoms. The molecule has 4 aromatic rings. The van der Waals surface area contributed by atoms with Gasteiger partial charge in [0, 0.05) is 28.6 Å². The minimum atomic E-state index is -0.248. The topological polar surface area (TPSA) is 75.1 Å². The van der Waals surface area contributed by atoms with Crippen molar-refractivity contribution in [1.82, 2.24) is 9.97 Å². The summed E-state index contributed by atoms with van der Waals surface area (Å²) in [5.74, 6) is -0.0428. The molecule has 0 radical (unpaired) electrons. The highest BCUT2D eigenvalue weighted by atomic mass is 32.1. The van der Waals surface area contributed by atoms with Gasteiger partial charge in [0.15, 0.2) is 5.13 Å². The van der Waals surface area contributed by atoms with E-state index in [1.165, 1.54) is 17.4 Å². The van der Waals surface area contributed by atoms with Crippen molar-refractivity contribution < 1.29 is 9.90 Å². The fourth-order valence-corrected chi connectivity index (χ4v) is 3.39.